The van der Waals surface area contributed by atoms with Gasteiger partial charge in [-0.05, 0) is 46.4 Å². The Morgan fingerprint density at radius 2 is 1.73 bits per heavy atom. The van der Waals surface area contributed by atoms with Crippen molar-refractivity contribution in [3.63, 3.8) is 0 Å². The van der Waals surface area contributed by atoms with Crippen molar-refractivity contribution in [3.8, 4) is 5.75 Å². The summed E-state index contributed by atoms with van der Waals surface area (Å²) in [6.07, 6.45) is 1.41. The molecule has 1 unspecified atom stereocenters. The van der Waals surface area contributed by atoms with Crippen molar-refractivity contribution in [1.82, 2.24) is 0 Å². The van der Waals surface area contributed by atoms with E-state index in [1.807, 2.05) is 36.4 Å². The second-order valence-corrected chi connectivity index (χ2v) is 8.59. The van der Waals surface area contributed by atoms with E-state index < -0.39 is 11.9 Å². The highest BCUT2D eigenvalue weighted by Crippen LogP contribution is 2.42. The average molecular weight is 438 g/mol. The summed E-state index contributed by atoms with van der Waals surface area (Å²) < 4.78 is 6.26. The molecule has 1 aromatic heterocycles. The van der Waals surface area contributed by atoms with Gasteiger partial charge in [0.1, 0.15) is 17.1 Å². The van der Waals surface area contributed by atoms with Crippen LogP contribution in [0.3, 0.4) is 0 Å². The standard InChI is InChI=1S/C28H22O5/c1-15(2)16-7-9-17(10-8-16)25-20-6-4-3-5-19(20)22(28(31)32)14-23-26(30)21-12-11-18(29)13-24(21)33-27(23)25/h3-15,25,29H,1-2H3,(H,31,32). The molecule has 0 aliphatic heterocycles. The molecule has 5 rings (SSSR count). The Morgan fingerprint density at radius 3 is 2.42 bits per heavy atom. The molecule has 0 bridgehead atoms. The van der Waals surface area contributed by atoms with Gasteiger partial charge < -0.3 is 14.6 Å². The predicted molar refractivity (Wildman–Crippen MR) is 128 cm³/mol. The maximum Gasteiger partial charge on any atom is 0.336 e. The van der Waals surface area contributed by atoms with E-state index in [4.69, 9.17) is 4.42 Å². The number of phenols is 1. The van der Waals surface area contributed by atoms with Gasteiger partial charge in [-0.2, -0.15) is 0 Å². The van der Waals surface area contributed by atoms with Gasteiger partial charge in [0.2, 0.25) is 0 Å². The summed E-state index contributed by atoms with van der Waals surface area (Å²) in [7, 11) is 0. The van der Waals surface area contributed by atoms with Crippen molar-refractivity contribution in [2.24, 2.45) is 0 Å². The van der Waals surface area contributed by atoms with Crippen LogP contribution in [0, 0.1) is 0 Å². The lowest BCUT2D eigenvalue weighted by molar-refractivity contribution is -0.130. The zero-order chi connectivity index (χ0) is 23.3. The van der Waals surface area contributed by atoms with Crippen LogP contribution in [-0.2, 0) is 4.79 Å². The second-order valence-electron chi connectivity index (χ2n) is 8.59. The van der Waals surface area contributed by atoms with E-state index in [2.05, 4.69) is 13.8 Å². The molecule has 0 fully saturated rings. The quantitative estimate of drug-likeness (QED) is 0.426. The van der Waals surface area contributed by atoms with Crippen LogP contribution in [0.25, 0.3) is 22.6 Å². The number of hydrogen-bond acceptors (Lipinski definition) is 4. The molecule has 3 aromatic carbocycles. The second kappa shape index (κ2) is 7.78. The molecule has 2 N–H and O–H groups in total. The SMILES string of the molecule is CC(C)c1ccc(C2c3ccccc3C(C(=O)O)=Cc3c2oc2cc(O)ccc2c3=O)cc1. The molecule has 0 radical (unpaired) electrons. The third-order valence-electron chi connectivity index (χ3n) is 6.22. The Labute approximate surface area is 190 Å². The van der Waals surface area contributed by atoms with Crippen LogP contribution >= 0.6 is 0 Å². The van der Waals surface area contributed by atoms with Gasteiger partial charge in [-0.15, -0.1) is 0 Å². The van der Waals surface area contributed by atoms with E-state index in [-0.39, 0.29) is 33.3 Å². The minimum absolute atomic E-state index is 0.0146. The molecule has 0 saturated carbocycles. The normalized spacial score (nSPS) is 15.0. The van der Waals surface area contributed by atoms with Gasteiger partial charge in [-0.3, -0.25) is 4.79 Å². The third kappa shape index (κ3) is 3.42. The van der Waals surface area contributed by atoms with Crippen molar-refractivity contribution in [2.75, 3.05) is 0 Å². The summed E-state index contributed by atoms with van der Waals surface area (Å²) in [5.41, 5.74) is 3.52. The number of hydrogen-bond donors (Lipinski definition) is 2. The number of aliphatic carboxylic acids is 1. The number of carboxylic acid groups (broad SMARTS) is 1. The highest BCUT2D eigenvalue weighted by atomic mass is 16.4. The monoisotopic (exact) mass is 438 g/mol. The van der Waals surface area contributed by atoms with Crippen LogP contribution < -0.4 is 5.43 Å². The van der Waals surface area contributed by atoms with Crippen LogP contribution in [0.2, 0.25) is 0 Å². The molecular weight excluding hydrogens is 416 g/mol. The largest absolute Gasteiger partial charge is 0.508 e. The molecule has 1 atom stereocenters. The van der Waals surface area contributed by atoms with Crippen molar-refractivity contribution in [2.45, 2.75) is 25.7 Å². The van der Waals surface area contributed by atoms with Gasteiger partial charge in [0.05, 0.1) is 22.4 Å². The van der Waals surface area contributed by atoms with Crippen LogP contribution in [0.1, 0.15) is 59.3 Å². The topological polar surface area (TPSA) is 87.7 Å². The molecule has 0 spiro atoms. The average Bonchev–Trinajstić information content (AvgIpc) is 2.94. The molecule has 1 aliphatic carbocycles. The number of carbonyl (C=O) groups is 1. The van der Waals surface area contributed by atoms with Gasteiger partial charge in [0, 0.05) is 6.07 Å². The van der Waals surface area contributed by atoms with Crippen LogP contribution in [0.4, 0.5) is 0 Å². The van der Waals surface area contributed by atoms with E-state index in [0.717, 1.165) is 11.1 Å². The van der Waals surface area contributed by atoms with E-state index in [1.54, 1.807) is 12.1 Å². The first kappa shape index (κ1) is 20.8. The van der Waals surface area contributed by atoms with Crippen molar-refractivity contribution >= 4 is 28.6 Å². The first-order chi connectivity index (χ1) is 15.8. The molecular formula is C28H22O5. The zero-order valence-electron chi connectivity index (χ0n) is 18.2. The van der Waals surface area contributed by atoms with Gasteiger partial charge in [-0.1, -0.05) is 62.4 Å². The smallest absolute Gasteiger partial charge is 0.336 e. The lowest BCUT2D eigenvalue weighted by Gasteiger charge is -2.21. The Balaban J connectivity index is 1.89. The Hall–Kier alpha value is -4.12. The fraction of sp³-hybridized carbons (Fsp3) is 0.143. The molecule has 0 saturated heterocycles. The Bertz CT molecular complexity index is 1490. The fourth-order valence-corrected chi connectivity index (χ4v) is 4.50. The molecule has 164 valence electrons. The van der Waals surface area contributed by atoms with E-state index in [1.165, 1.54) is 29.8 Å². The number of rotatable bonds is 3. The van der Waals surface area contributed by atoms with E-state index >= 15 is 0 Å². The maximum atomic E-state index is 13.5. The number of phenolic OH excluding ortho intramolecular Hbond substituents is 1. The third-order valence-corrected chi connectivity index (χ3v) is 6.22. The fourth-order valence-electron chi connectivity index (χ4n) is 4.50. The molecule has 5 nitrogen and oxygen atoms in total. The summed E-state index contributed by atoms with van der Waals surface area (Å²) in [6, 6.07) is 19.7. The number of fused-ring (bicyclic) bond motifs is 3. The van der Waals surface area contributed by atoms with E-state index in [0.29, 0.717) is 17.2 Å². The lowest BCUT2D eigenvalue weighted by atomic mass is 9.84. The van der Waals surface area contributed by atoms with Gasteiger partial charge in [0.25, 0.3) is 0 Å². The maximum absolute atomic E-state index is 13.5. The number of benzene rings is 3. The summed E-state index contributed by atoms with van der Waals surface area (Å²) >= 11 is 0. The predicted octanol–water partition coefficient (Wildman–Crippen LogP) is 5.74. The number of aromatic hydroxyl groups is 1. The van der Waals surface area contributed by atoms with Crippen LogP contribution in [-0.4, -0.2) is 16.2 Å². The molecule has 0 amide bonds. The van der Waals surface area contributed by atoms with Crippen molar-refractivity contribution in [3.05, 3.63) is 111 Å². The van der Waals surface area contributed by atoms with E-state index in [9.17, 15) is 19.8 Å². The van der Waals surface area contributed by atoms with Gasteiger partial charge >= 0.3 is 5.97 Å². The molecule has 1 heterocycles. The van der Waals surface area contributed by atoms with Crippen LogP contribution in [0.15, 0.2) is 75.9 Å². The number of carboxylic acids is 1. The van der Waals surface area contributed by atoms with Gasteiger partial charge in [0.15, 0.2) is 5.43 Å². The summed E-state index contributed by atoms with van der Waals surface area (Å²) in [6.45, 7) is 4.23. The first-order valence-corrected chi connectivity index (χ1v) is 10.8. The summed E-state index contributed by atoms with van der Waals surface area (Å²) in [5.74, 6) is -0.907. The minimum atomic E-state index is -1.12. The molecule has 4 aromatic rings. The summed E-state index contributed by atoms with van der Waals surface area (Å²) in [4.78, 5) is 25.7. The van der Waals surface area contributed by atoms with Gasteiger partial charge in [-0.25, -0.2) is 4.79 Å². The van der Waals surface area contributed by atoms with Crippen molar-refractivity contribution < 1.29 is 19.4 Å². The lowest BCUT2D eigenvalue weighted by Crippen LogP contribution is -2.13. The Morgan fingerprint density at radius 1 is 1.00 bits per heavy atom. The first-order valence-electron chi connectivity index (χ1n) is 10.8. The van der Waals surface area contributed by atoms with Crippen molar-refractivity contribution in [1.29, 1.82) is 0 Å². The van der Waals surface area contributed by atoms with Crippen LogP contribution in [0.5, 0.6) is 5.75 Å². The molecule has 1 aliphatic rings. The minimum Gasteiger partial charge on any atom is -0.508 e. The molecule has 33 heavy (non-hydrogen) atoms. The highest BCUT2D eigenvalue weighted by molar-refractivity contribution is 6.21. The Kier molecular flexibility index (Phi) is 4.90. The summed E-state index contributed by atoms with van der Waals surface area (Å²) in [5, 5.41) is 20.2. The molecule has 5 heteroatoms. The zero-order valence-corrected chi connectivity index (χ0v) is 18.2. The highest BCUT2D eigenvalue weighted by Gasteiger charge is 2.32.